The molecule has 0 atom stereocenters. The van der Waals surface area contributed by atoms with Crippen LogP contribution in [0.2, 0.25) is 10.0 Å². The molecule has 2 heterocycles. The lowest BCUT2D eigenvalue weighted by Gasteiger charge is -2.33. The van der Waals surface area contributed by atoms with Crippen LogP contribution < -0.4 is 0 Å². The molecule has 30 heavy (non-hydrogen) atoms. The second kappa shape index (κ2) is 8.64. The van der Waals surface area contributed by atoms with Crippen LogP contribution in [0.4, 0.5) is 4.39 Å². The quantitative estimate of drug-likeness (QED) is 0.557. The molecule has 3 aromatic rings. The highest BCUT2D eigenvalue weighted by Crippen LogP contribution is 2.32. The highest BCUT2D eigenvalue weighted by Gasteiger charge is 2.32. The van der Waals surface area contributed by atoms with Crippen molar-refractivity contribution in [3.05, 3.63) is 70.4 Å². The normalized spacial score (nSPS) is 16.1. The minimum Gasteiger partial charge on any atom is -0.439 e. The molecule has 10 heteroatoms. The summed E-state index contributed by atoms with van der Waals surface area (Å²) in [5.74, 6) is 0.753. The monoisotopic (exact) mass is 469 g/mol. The van der Waals surface area contributed by atoms with Gasteiger partial charge in [0.15, 0.2) is 5.76 Å². The van der Waals surface area contributed by atoms with Gasteiger partial charge in [-0.3, -0.25) is 4.90 Å². The van der Waals surface area contributed by atoms with Crippen LogP contribution in [-0.2, 0) is 16.6 Å². The zero-order valence-electron chi connectivity index (χ0n) is 15.8. The summed E-state index contributed by atoms with van der Waals surface area (Å²) >= 11 is 12.2. The lowest BCUT2D eigenvalue weighted by molar-refractivity contribution is 0.169. The minimum atomic E-state index is -3.78. The SMILES string of the molecule is O=S(=O)(c1c(Cl)cccc1Cl)N1CCN(Cc2ncc(-c3ccc(F)cc3)o2)CC1. The van der Waals surface area contributed by atoms with Gasteiger partial charge in [-0.15, -0.1) is 0 Å². The largest absolute Gasteiger partial charge is 0.439 e. The zero-order chi connectivity index (χ0) is 21.3. The second-order valence-electron chi connectivity index (χ2n) is 6.86. The number of benzene rings is 2. The number of rotatable bonds is 5. The van der Waals surface area contributed by atoms with E-state index in [4.69, 9.17) is 27.6 Å². The molecular formula is C20H18Cl2FN3O3S. The number of aromatic nitrogens is 1. The van der Waals surface area contributed by atoms with E-state index < -0.39 is 10.0 Å². The molecule has 0 bridgehead atoms. The van der Waals surface area contributed by atoms with E-state index in [2.05, 4.69) is 9.88 Å². The van der Waals surface area contributed by atoms with Gasteiger partial charge < -0.3 is 4.42 Å². The Hall–Kier alpha value is -1.97. The van der Waals surface area contributed by atoms with Gasteiger partial charge in [0.25, 0.3) is 0 Å². The average molecular weight is 470 g/mol. The Labute approximate surface area is 183 Å². The van der Waals surface area contributed by atoms with E-state index in [0.717, 1.165) is 5.56 Å². The molecule has 158 valence electrons. The molecule has 0 amide bonds. The Kier molecular flexibility index (Phi) is 6.13. The molecule has 4 rings (SSSR count). The number of hydrogen-bond acceptors (Lipinski definition) is 5. The van der Waals surface area contributed by atoms with Gasteiger partial charge >= 0.3 is 0 Å². The standard InChI is InChI=1S/C20H18Cl2FN3O3S/c21-16-2-1-3-17(22)20(16)30(27,28)26-10-8-25(9-11-26)13-19-24-12-18(29-19)14-4-6-15(23)7-5-14/h1-7,12H,8-11,13H2. The van der Waals surface area contributed by atoms with E-state index in [1.54, 1.807) is 24.4 Å². The van der Waals surface area contributed by atoms with Crippen molar-refractivity contribution in [3.63, 3.8) is 0 Å². The van der Waals surface area contributed by atoms with Crippen LogP contribution in [0, 0.1) is 5.82 Å². The molecule has 0 spiro atoms. The highest BCUT2D eigenvalue weighted by molar-refractivity contribution is 7.89. The van der Waals surface area contributed by atoms with Crippen molar-refractivity contribution < 1.29 is 17.2 Å². The van der Waals surface area contributed by atoms with Gasteiger partial charge in [0.2, 0.25) is 15.9 Å². The molecule has 1 saturated heterocycles. The van der Waals surface area contributed by atoms with Gasteiger partial charge in [0.1, 0.15) is 10.7 Å². The fraction of sp³-hybridized carbons (Fsp3) is 0.250. The van der Waals surface area contributed by atoms with Crippen LogP contribution in [0.1, 0.15) is 5.89 Å². The Morgan fingerprint density at radius 2 is 1.63 bits per heavy atom. The average Bonchev–Trinajstić information content (AvgIpc) is 3.17. The van der Waals surface area contributed by atoms with E-state index in [1.165, 1.54) is 28.6 Å². The summed E-state index contributed by atoms with van der Waals surface area (Å²) in [4.78, 5) is 6.28. The Balaban J connectivity index is 1.40. The van der Waals surface area contributed by atoms with Crippen molar-refractivity contribution >= 4 is 33.2 Å². The van der Waals surface area contributed by atoms with Crippen molar-refractivity contribution in [2.24, 2.45) is 0 Å². The molecule has 1 aliphatic heterocycles. The predicted molar refractivity (Wildman–Crippen MR) is 112 cm³/mol. The summed E-state index contributed by atoms with van der Waals surface area (Å²) in [5, 5.41) is 0.219. The maximum absolute atomic E-state index is 13.1. The molecule has 0 unspecified atom stereocenters. The van der Waals surface area contributed by atoms with E-state index in [-0.39, 0.29) is 20.8 Å². The van der Waals surface area contributed by atoms with E-state index in [9.17, 15) is 12.8 Å². The molecule has 0 saturated carbocycles. The molecule has 1 aliphatic rings. The van der Waals surface area contributed by atoms with Gasteiger partial charge in [0, 0.05) is 31.7 Å². The maximum Gasteiger partial charge on any atom is 0.246 e. The van der Waals surface area contributed by atoms with Crippen LogP contribution in [0.15, 0.2) is 58.0 Å². The fourth-order valence-electron chi connectivity index (χ4n) is 3.31. The first-order chi connectivity index (χ1) is 14.3. The summed E-state index contributed by atoms with van der Waals surface area (Å²) in [7, 11) is -3.78. The molecule has 0 aliphatic carbocycles. The lowest BCUT2D eigenvalue weighted by atomic mass is 10.2. The van der Waals surface area contributed by atoms with E-state index in [1.807, 2.05) is 0 Å². The first-order valence-electron chi connectivity index (χ1n) is 9.22. The summed E-state index contributed by atoms with van der Waals surface area (Å²) in [5.41, 5.74) is 0.739. The van der Waals surface area contributed by atoms with Gasteiger partial charge in [-0.25, -0.2) is 17.8 Å². The molecular weight excluding hydrogens is 452 g/mol. The van der Waals surface area contributed by atoms with E-state index >= 15 is 0 Å². The first kappa shape index (κ1) is 21.3. The molecule has 2 aromatic carbocycles. The van der Waals surface area contributed by atoms with Gasteiger partial charge in [-0.2, -0.15) is 4.31 Å². The van der Waals surface area contributed by atoms with Crippen molar-refractivity contribution in [1.29, 1.82) is 0 Å². The topological polar surface area (TPSA) is 66.7 Å². The molecule has 1 aromatic heterocycles. The number of piperazine rings is 1. The third-order valence-corrected chi connectivity index (χ3v) is 7.74. The number of sulfonamides is 1. The smallest absolute Gasteiger partial charge is 0.246 e. The van der Waals surface area contributed by atoms with Crippen LogP contribution in [0.25, 0.3) is 11.3 Å². The second-order valence-corrected chi connectivity index (χ2v) is 9.55. The zero-order valence-corrected chi connectivity index (χ0v) is 18.1. The predicted octanol–water partition coefficient (Wildman–Crippen LogP) is 4.29. The maximum atomic E-state index is 13.1. The van der Waals surface area contributed by atoms with Gasteiger partial charge in [-0.1, -0.05) is 29.3 Å². The minimum absolute atomic E-state index is 0.0570. The summed E-state index contributed by atoms with van der Waals surface area (Å²) < 4.78 is 46.1. The van der Waals surface area contributed by atoms with Crippen LogP contribution in [0.5, 0.6) is 0 Å². The molecule has 1 fully saturated rings. The Bertz CT molecular complexity index is 1120. The Morgan fingerprint density at radius 1 is 1.00 bits per heavy atom. The first-order valence-corrected chi connectivity index (χ1v) is 11.4. The molecule has 0 radical (unpaired) electrons. The van der Waals surface area contributed by atoms with Crippen LogP contribution >= 0.6 is 23.2 Å². The summed E-state index contributed by atoms with van der Waals surface area (Å²) in [6, 6.07) is 10.6. The van der Waals surface area contributed by atoms with Crippen LogP contribution in [-0.4, -0.2) is 48.8 Å². The number of halogens is 3. The van der Waals surface area contributed by atoms with Crippen molar-refractivity contribution in [1.82, 2.24) is 14.2 Å². The third kappa shape index (κ3) is 4.38. The van der Waals surface area contributed by atoms with E-state index in [0.29, 0.717) is 44.4 Å². The lowest BCUT2D eigenvalue weighted by Crippen LogP contribution is -2.48. The third-order valence-electron chi connectivity index (χ3n) is 4.89. The molecule has 0 N–H and O–H groups in total. The molecule has 6 nitrogen and oxygen atoms in total. The summed E-state index contributed by atoms with van der Waals surface area (Å²) in [6.45, 7) is 2.07. The summed E-state index contributed by atoms with van der Waals surface area (Å²) in [6.07, 6.45) is 1.60. The van der Waals surface area contributed by atoms with Crippen molar-refractivity contribution in [3.8, 4) is 11.3 Å². The van der Waals surface area contributed by atoms with Crippen molar-refractivity contribution in [2.45, 2.75) is 11.4 Å². The van der Waals surface area contributed by atoms with Gasteiger partial charge in [0.05, 0.1) is 22.8 Å². The number of oxazole rings is 1. The highest BCUT2D eigenvalue weighted by atomic mass is 35.5. The number of nitrogens with zero attached hydrogens (tertiary/aromatic N) is 3. The fourth-order valence-corrected chi connectivity index (χ4v) is 5.82. The Morgan fingerprint density at radius 3 is 2.27 bits per heavy atom. The number of hydrogen-bond donors (Lipinski definition) is 0. The van der Waals surface area contributed by atoms with Crippen LogP contribution in [0.3, 0.4) is 0 Å². The van der Waals surface area contributed by atoms with Gasteiger partial charge in [-0.05, 0) is 36.4 Å². The van der Waals surface area contributed by atoms with Crippen molar-refractivity contribution in [2.75, 3.05) is 26.2 Å².